The molecule has 0 saturated heterocycles. The maximum Gasteiger partial charge on any atom is -0.0266 e. The first-order valence-corrected chi connectivity index (χ1v) is 9.32. The predicted octanol–water partition coefficient (Wildman–Crippen LogP) is 6.94. The maximum atomic E-state index is 2.56. The molecule has 1 aliphatic rings. The van der Waals surface area contributed by atoms with Gasteiger partial charge in [0.1, 0.15) is 0 Å². The Kier molecular flexibility index (Phi) is 7.09. The molecule has 0 bridgehead atoms. The zero-order chi connectivity index (χ0) is 15.3. The summed E-state index contributed by atoms with van der Waals surface area (Å²) in [7, 11) is 0. The van der Waals surface area contributed by atoms with Crippen molar-refractivity contribution in [1.29, 1.82) is 0 Å². The van der Waals surface area contributed by atoms with Crippen LogP contribution in [0.4, 0.5) is 0 Å². The van der Waals surface area contributed by atoms with Gasteiger partial charge in [-0.15, -0.1) is 0 Å². The van der Waals surface area contributed by atoms with E-state index in [1.807, 2.05) is 0 Å². The molecule has 0 radical (unpaired) electrons. The van der Waals surface area contributed by atoms with E-state index in [0.29, 0.717) is 5.41 Å². The van der Waals surface area contributed by atoms with Crippen molar-refractivity contribution in [3.8, 4) is 0 Å². The molecule has 0 nitrogen and oxygen atoms in total. The molecule has 0 heteroatoms. The molecule has 1 aliphatic carbocycles. The fraction of sp³-hybridized carbons (Fsp3) is 1.00. The third-order valence-corrected chi connectivity index (χ3v) is 6.55. The second-order valence-electron chi connectivity index (χ2n) is 8.50. The average molecular weight is 281 g/mol. The largest absolute Gasteiger partial charge is 0.0654 e. The maximum absolute atomic E-state index is 2.56. The number of hydrogen-bond acceptors (Lipinski definition) is 0. The standard InChI is InChI=1S/C20H40/c1-8-9-10-11-16(4)12-13-17(5)20(7)14-19(20)18(6)15(2)3/h15-19H,8-14H2,1-7H3. The van der Waals surface area contributed by atoms with E-state index in [2.05, 4.69) is 48.5 Å². The van der Waals surface area contributed by atoms with Crippen molar-refractivity contribution < 1.29 is 0 Å². The molecular weight excluding hydrogens is 240 g/mol. The van der Waals surface area contributed by atoms with E-state index in [-0.39, 0.29) is 0 Å². The minimum absolute atomic E-state index is 0.660. The molecule has 0 aromatic carbocycles. The monoisotopic (exact) mass is 280 g/mol. The summed E-state index contributed by atoms with van der Waals surface area (Å²) >= 11 is 0. The van der Waals surface area contributed by atoms with Gasteiger partial charge < -0.3 is 0 Å². The van der Waals surface area contributed by atoms with Crippen molar-refractivity contribution in [1.82, 2.24) is 0 Å². The number of unbranched alkanes of at least 4 members (excludes halogenated alkanes) is 2. The highest BCUT2D eigenvalue weighted by Gasteiger charge is 2.55. The van der Waals surface area contributed by atoms with Crippen molar-refractivity contribution in [2.45, 2.75) is 93.4 Å². The Labute approximate surface area is 129 Å². The van der Waals surface area contributed by atoms with Crippen LogP contribution in [0.25, 0.3) is 0 Å². The summed E-state index contributed by atoms with van der Waals surface area (Å²) in [5.41, 5.74) is 0.660. The SMILES string of the molecule is CCCCCC(C)CCC(C)C1(C)CC1C(C)C(C)C. The van der Waals surface area contributed by atoms with Crippen LogP contribution in [-0.4, -0.2) is 0 Å². The van der Waals surface area contributed by atoms with Crippen LogP contribution in [0.1, 0.15) is 93.4 Å². The lowest BCUT2D eigenvalue weighted by Gasteiger charge is -2.26. The molecule has 0 aliphatic heterocycles. The second-order valence-corrected chi connectivity index (χ2v) is 8.50. The van der Waals surface area contributed by atoms with Crippen LogP contribution in [-0.2, 0) is 0 Å². The molecule has 1 fully saturated rings. The fourth-order valence-electron chi connectivity index (χ4n) is 3.98. The minimum atomic E-state index is 0.660. The van der Waals surface area contributed by atoms with Crippen molar-refractivity contribution in [2.75, 3.05) is 0 Å². The summed E-state index contributed by atoms with van der Waals surface area (Å²) in [4.78, 5) is 0. The van der Waals surface area contributed by atoms with Crippen molar-refractivity contribution in [3.05, 3.63) is 0 Å². The van der Waals surface area contributed by atoms with Gasteiger partial charge in [-0.1, -0.05) is 80.6 Å². The lowest BCUT2D eigenvalue weighted by atomic mass is 9.80. The van der Waals surface area contributed by atoms with Crippen LogP contribution >= 0.6 is 0 Å². The van der Waals surface area contributed by atoms with Crippen LogP contribution in [0.15, 0.2) is 0 Å². The zero-order valence-corrected chi connectivity index (χ0v) is 15.3. The van der Waals surface area contributed by atoms with E-state index < -0.39 is 0 Å². The molecule has 0 spiro atoms. The summed E-state index contributed by atoms with van der Waals surface area (Å²) in [6, 6.07) is 0. The number of rotatable bonds is 10. The molecule has 5 unspecified atom stereocenters. The first-order valence-electron chi connectivity index (χ1n) is 9.32. The topological polar surface area (TPSA) is 0 Å². The summed E-state index contributed by atoms with van der Waals surface area (Å²) in [6.07, 6.45) is 10.0. The molecule has 1 saturated carbocycles. The van der Waals surface area contributed by atoms with Gasteiger partial charge in [0.25, 0.3) is 0 Å². The smallest absolute Gasteiger partial charge is 0.0266 e. The molecule has 0 heterocycles. The average Bonchev–Trinajstić information content (AvgIpc) is 3.09. The summed E-state index contributed by atoms with van der Waals surface area (Å²) in [5.74, 6) is 4.61. The van der Waals surface area contributed by atoms with E-state index in [1.165, 1.54) is 44.9 Å². The normalized spacial score (nSPS) is 30.3. The van der Waals surface area contributed by atoms with Crippen molar-refractivity contribution in [2.24, 2.45) is 35.0 Å². The van der Waals surface area contributed by atoms with Crippen LogP contribution in [0, 0.1) is 35.0 Å². The predicted molar refractivity (Wildman–Crippen MR) is 91.9 cm³/mol. The Bertz CT molecular complexity index is 267. The van der Waals surface area contributed by atoms with Crippen LogP contribution in [0.2, 0.25) is 0 Å². The highest BCUT2D eigenvalue weighted by atomic mass is 14.6. The van der Waals surface area contributed by atoms with Gasteiger partial charge in [-0.3, -0.25) is 0 Å². The van der Waals surface area contributed by atoms with E-state index in [0.717, 1.165) is 29.6 Å². The lowest BCUT2D eigenvalue weighted by molar-refractivity contribution is 0.237. The number of hydrogen-bond donors (Lipinski definition) is 0. The minimum Gasteiger partial charge on any atom is -0.0654 e. The quantitative estimate of drug-likeness (QED) is 0.380. The van der Waals surface area contributed by atoms with Gasteiger partial charge in [0.2, 0.25) is 0 Å². The second kappa shape index (κ2) is 7.85. The van der Waals surface area contributed by atoms with Crippen molar-refractivity contribution in [3.63, 3.8) is 0 Å². The van der Waals surface area contributed by atoms with Gasteiger partial charge in [-0.25, -0.2) is 0 Å². The third-order valence-electron chi connectivity index (χ3n) is 6.55. The molecule has 1 rings (SSSR count). The zero-order valence-electron chi connectivity index (χ0n) is 15.3. The van der Waals surface area contributed by atoms with E-state index in [9.17, 15) is 0 Å². The van der Waals surface area contributed by atoms with Gasteiger partial charge in [0.15, 0.2) is 0 Å². The van der Waals surface area contributed by atoms with Crippen LogP contribution in [0.3, 0.4) is 0 Å². The highest BCUT2D eigenvalue weighted by Crippen LogP contribution is 2.62. The van der Waals surface area contributed by atoms with E-state index in [1.54, 1.807) is 0 Å². The third kappa shape index (κ3) is 4.78. The molecule has 0 aromatic rings. The molecule has 0 amide bonds. The molecule has 0 aromatic heterocycles. The van der Waals surface area contributed by atoms with Gasteiger partial charge in [-0.05, 0) is 47.8 Å². The molecular formula is C20H40. The van der Waals surface area contributed by atoms with E-state index in [4.69, 9.17) is 0 Å². The summed E-state index contributed by atoms with van der Waals surface area (Å²) in [5, 5.41) is 0. The molecule has 120 valence electrons. The van der Waals surface area contributed by atoms with Gasteiger partial charge in [-0.2, -0.15) is 0 Å². The molecule has 5 atom stereocenters. The summed E-state index contributed by atoms with van der Waals surface area (Å²) < 4.78 is 0. The van der Waals surface area contributed by atoms with E-state index >= 15 is 0 Å². The fourth-order valence-corrected chi connectivity index (χ4v) is 3.98. The Balaban J connectivity index is 2.28. The molecule has 20 heavy (non-hydrogen) atoms. The lowest BCUT2D eigenvalue weighted by Crippen LogP contribution is -2.18. The Morgan fingerprint density at radius 3 is 2.15 bits per heavy atom. The Morgan fingerprint density at radius 1 is 0.950 bits per heavy atom. The van der Waals surface area contributed by atoms with Gasteiger partial charge >= 0.3 is 0 Å². The van der Waals surface area contributed by atoms with Gasteiger partial charge in [0, 0.05) is 0 Å². The summed E-state index contributed by atoms with van der Waals surface area (Å²) in [6.45, 7) is 17.1. The first-order chi connectivity index (χ1) is 9.32. The van der Waals surface area contributed by atoms with Gasteiger partial charge in [0.05, 0.1) is 0 Å². The van der Waals surface area contributed by atoms with Crippen LogP contribution < -0.4 is 0 Å². The van der Waals surface area contributed by atoms with Crippen LogP contribution in [0.5, 0.6) is 0 Å². The highest BCUT2D eigenvalue weighted by molar-refractivity contribution is 5.04. The first kappa shape index (κ1) is 18.1. The molecule has 0 N–H and O–H groups in total. The van der Waals surface area contributed by atoms with Crippen molar-refractivity contribution >= 4 is 0 Å². The Hall–Kier alpha value is 0. The Morgan fingerprint density at radius 2 is 1.60 bits per heavy atom.